The first-order valence-corrected chi connectivity index (χ1v) is 7.43. The maximum absolute atomic E-state index is 2.35. The minimum Gasteiger partial charge on any atom is -0.0620 e. The summed E-state index contributed by atoms with van der Waals surface area (Å²) in [6.45, 7) is 4.69. The van der Waals surface area contributed by atoms with Gasteiger partial charge >= 0.3 is 0 Å². The van der Waals surface area contributed by atoms with Gasteiger partial charge in [0.25, 0.3) is 0 Å². The Kier molecular flexibility index (Phi) is 3.42. The second kappa shape index (κ2) is 5.21. The molecule has 0 unspecified atom stereocenters. The lowest BCUT2D eigenvalue weighted by molar-refractivity contribution is 0.548. The number of hydrogen-bond donors (Lipinski definition) is 0. The van der Waals surface area contributed by atoms with Gasteiger partial charge in [0, 0.05) is 5.92 Å². The van der Waals surface area contributed by atoms with E-state index in [9.17, 15) is 0 Å². The van der Waals surface area contributed by atoms with Gasteiger partial charge in [-0.15, -0.1) is 0 Å². The summed E-state index contributed by atoms with van der Waals surface area (Å²) in [4.78, 5) is 0. The average molecular weight is 250 g/mol. The molecule has 0 bridgehead atoms. The Morgan fingerprint density at radius 1 is 0.789 bits per heavy atom. The van der Waals surface area contributed by atoms with Crippen LogP contribution in [0.3, 0.4) is 0 Å². The molecule has 19 heavy (non-hydrogen) atoms. The standard InChI is InChI=1S/C19H22/c1-14(2)19-17-12-5-3-8-15(17)10-7-11-16-9-4-6-13-18(16)19/h3-6,8-9,12-14,19H,7,10-11H2,1-2H3. The fourth-order valence-corrected chi connectivity index (χ4v) is 3.49. The van der Waals surface area contributed by atoms with E-state index in [-0.39, 0.29) is 0 Å². The number of fused-ring (bicyclic) bond motifs is 2. The maximum Gasteiger partial charge on any atom is 0.0118 e. The SMILES string of the molecule is CC(C)C1c2ccccc2CCCc2ccccc21. The smallest absolute Gasteiger partial charge is 0.0118 e. The number of benzene rings is 2. The molecule has 98 valence electrons. The van der Waals surface area contributed by atoms with Crippen LogP contribution < -0.4 is 0 Å². The van der Waals surface area contributed by atoms with E-state index < -0.39 is 0 Å². The second-order valence-electron chi connectivity index (χ2n) is 5.97. The summed E-state index contributed by atoms with van der Waals surface area (Å²) >= 11 is 0. The number of aryl methyl sites for hydroxylation is 2. The fourth-order valence-electron chi connectivity index (χ4n) is 3.49. The van der Waals surface area contributed by atoms with Gasteiger partial charge in [-0.2, -0.15) is 0 Å². The molecule has 1 aliphatic rings. The van der Waals surface area contributed by atoms with Crippen molar-refractivity contribution in [1.29, 1.82) is 0 Å². The van der Waals surface area contributed by atoms with Crippen molar-refractivity contribution < 1.29 is 0 Å². The zero-order chi connectivity index (χ0) is 13.2. The summed E-state index contributed by atoms with van der Waals surface area (Å²) < 4.78 is 0. The van der Waals surface area contributed by atoms with Gasteiger partial charge in [-0.05, 0) is 47.4 Å². The number of hydrogen-bond acceptors (Lipinski definition) is 0. The monoisotopic (exact) mass is 250 g/mol. The predicted octanol–water partition coefficient (Wildman–Crippen LogP) is 4.96. The average Bonchev–Trinajstić information content (AvgIpc) is 2.39. The summed E-state index contributed by atoms with van der Waals surface area (Å²) in [6, 6.07) is 18.1. The molecule has 0 amide bonds. The summed E-state index contributed by atoms with van der Waals surface area (Å²) in [7, 11) is 0. The van der Waals surface area contributed by atoms with Crippen LogP contribution in [0, 0.1) is 5.92 Å². The van der Waals surface area contributed by atoms with Gasteiger partial charge in [-0.3, -0.25) is 0 Å². The molecule has 0 aliphatic heterocycles. The van der Waals surface area contributed by atoms with E-state index in [4.69, 9.17) is 0 Å². The van der Waals surface area contributed by atoms with Crippen LogP contribution >= 0.6 is 0 Å². The highest BCUT2D eigenvalue weighted by atomic mass is 14.3. The van der Waals surface area contributed by atoms with Crippen molar-refractivity contribution in [3.8, 4) is 0 Å². The van der Waals surface area contributed by atoms with Gasteiger partial charge in [0.2, 0.25) is 0 Å². The van der Waals surface area contributed by atoms with E-state index in [1.54, 1.807) is 22.3 Å². The van der Waals surface area contributed by atoms with Crippen LogP contribution in [-0.2, 0) is 12.8 Å². The quantitative estimate of drug-likeness (QED) is 0.671. The summed E-state index contributed by atoms with van der Waals surface area (Å²) in [6.07, 6.45) is 3.69. The maximum atomic E-state index is 2.35. The first-order valence-electron chi connectivity index (χ1n) is 7.43. The lowest BCUT2D eigenvalue weighted by Gasteiger charge is -2.29. The third-order valence-corrected chi connectivity index (χ3v) is 4.34. The Morgan fingerprint density at radius 2 is 1.26 bits per heavy atom. The highest BCUT2D eigenvalue weighted by Gasteiger charge is 2.24. The zero-order valence-electron chi connectivity index (χ0n) is 11.9. The van der Waals surface area contributed by atoms with E-state index in [0.717, 1.165) is 0 Å². The second-order valence-corrected chi connectivity index (χ2v) is 5.97. The Labute approximate surface area is 116 Å². The first kappa shape index (κ1) is 12.5. The minimum absolute atomic E-state index is 0.549. The van der Waals surface area contributed by atoms with E-state index in [0.29, 0.717) is 11.8 Å². The lowest BCUT2D eigenvalue weighted by atomic mass is 9.76. The lowest BCUT2D eigenvalue weighted by Crippen LogP contribution is -2.15. The Bertz CT molecular complexity index is 518. The Hall–Kier alpha value is -1.56. The molecule has 0 atom stereocenters. The molecular formula is C19H22. The molecule has 0 heterocycles. The van der Waals surface area contributed by atoms with Crippen LogP contribution in [0.1, 0.15) is 48.4 Å². The van der Waals surface area contributed by atoms with E-state index in [1.165, 1.54) is 19.3 Å². The van der Waals surface area contributed by atoms with Crippen LogP contribution in [-0.4, -0.2) is 0 Å². The van der Waals surface area contributed by atoms with Crippen molar-refractivity contribution in [1.82, 2.24) is 0 Å². The van der Waals surface area contributed by atoms with Gasteiger partial charge in [0.05, 0.1) is 0 Å². The van der Waals surface area contributed by atoms with E-state index in [1.807, 2.05) is 0 Å². The van der Waals surface area contributed by atoms with Gasteiger partial charge in [-0.25, -0.2) is 0 Å². The largest absolute Gasteiger partial charge is 0.0620 e. The van der Waals surface area contributed by atoms with Crippen molar-refractivity contribution >= 4 is 0 Å². The van der Waals surface area contributed by atoms with Crippen molar-refractivity contribution in [2.24, 2.45) is 5.92 Å². The molecule has 1 aliphatic carbocycles. The van der Waals surface area contributed by atoms with Gasteiger partial charge in [0.1, 0.15) is 0 Å². The fraction of sp³-hybridized carbons (Fsp3) is 0.368. The molecule has 0 fully saturated rings. The molecule has 0 spiro atoms. The predicted molar refractivity (Wildman–Crippen MR) is 81.6 cm³/mol. The minimum atomic E-state index is 0.549. The van der Waals surface area contributed by atoms with Crippen LogP contribution in [0.25, 0.3) is 0 Å². The molecule has 0 heteroatoms. The molecular weight excluding hydrogens is 228 g/mol. The molecule has 3 rings (SSSR count). The molecule has 0 radical (unpaired) electrons. The van der Waals surface area contributed by atoms with Crippen LogP contribution in [0.2, 0.25) is 0 Å². The van der Waals surface area contributed by atoms with Crippen molar-refractivity contribution in [2.45, 2.75) is 39.0 Å². The van der Waals surface area contributed by atoms with Crippen LogP contribution in [0.4, 0.5) is 0 Å². The van der Waals surface area contributed by atoms with E-state index >= 15 is 0 Å². The van der Waals surface area contributed by atoms with Gasteiger partial charge in [0.15, 0.2) is 0 Å². The highest BCUT2D eigenvalue weighted by Crippen LogP contribution is 2.38. The van der Waals surface area contributed by atoms with Crippen molar-refractivity contribution in [2.75, 3.05) is 0 Å². The van der Waals surface area contributed by atoms with Crippen LogP contribution in [0.15, 0.2) is 48.5 Å². The molecule has 0 saturated heterocycles. The third-order valence-electron chi connectivity index (χ3n) is 4.34. The Balaban J connectivity index is 2.19. The molecule has 0 saturated carbocycles. The zero-order valence-corrected chi connectivity index (χ0v) is 11.9. The van der Waals surface area contributed by atoms with Gasteiger partial charge < -0.3 is 0 Å². The van der Waals surface area contributed by atoms with Crippen molar-refractivity contribution in [3.63, 3.8) is 0 Å². The molecule has 0 aromatic heterocycles. The summed E-state index contributed by atoms with van der Waals surface area (Å²) in [5.41, 5.74) is 6.20. The summed E-state index contributed by atoms with van der Waals surface area (Å²) in [5.74, 6) is 1.19. The molecule has 2 aromatic carbocycles. The number of rotatable bonds is 1. The Morgan fingerprint density at radius 3 is 1.74 bits per heavy atom. The molecule has 0 nitrogen and oxygen atoms in total. The van der Waals surface area contributed by atoms with Crippen molar-refractivity contribution in [3.05, 3.63) is 70.8 Å². The van der Waals surface area contributed by atoms with Crippen LogP contribution in [0.5, 0.6) is 0 Å². The topological polar surface area (TPSA) is 0 Å². The normalized spacial score (nSPS) is 15.5. The summed E-state index contributed by atoms with van der Waals surface area (Å²) in [5, 5.41) is 0. The van der Waals surface area contributed by atoms with Gasteiger partial charge in [-0.1, -0.05) is 62.4 Å². The first-order chi connectivity index (χ1) is 9.27. The van der Waals surface area contributed by atoms with E-state index in [2.05, 4.69) is 62.4 Å². The molecule has 0 N–H and O–H groups in total. The third kappa shape index (κ3) is 2.32. The highest BCUT2D eigenvalue weighted by molar-refractivity contribution is 5.43. The molecule has 2 aromatic rings.